The predicted octanol–water partition coefficient (Wildman–Crippen LogP) is 1.75. The third-order valence-corrected chi connectivity index (χ3v) is 1.95. The lowest BCUT2D eigenvalue weighted by Gasteiger charge is -2.22. The van der Waals surface area contributed by atoms with Crippen LogP contribution >= 0.6 is 12.4 Å². The Morgan fingerprint density at radius 3 is 2.67 bits per heavy atom. The van der Waals surface area contributed by atoms with Gasteiger partial charge in [0.05, 0.1) is 12.7 Å². The summed E-state index contributed by atoms with van der Waals surface area (Å²) in [7, 11) is 0. The first-order chi connectivity index (χ1) is 5.43. The van der Waals surface area contributed by atoms with Crippen molar-refractivity contribution in [3.05, 3.63) is 12.2 Å². The maximum Gasteiger partial charge on any atom is 0.0651 e. The second-order valence-electron chi connectivity index (χ2n) is 2.85. The van der Waals surface area contributed by atoms with Crippen LogP contribution in [0.4, 0.5) is 0 Å². The number of hydrogen-bond donors (Lipinski definition) is 1. The van der Waals surface area contributed by atoms with Crippen LogP contribution in [0, 0.1) is 0 Å². The molecule has 1 rings (SSSR count). The molecule has 1 fully saturated rings. The SMILES string of the molecule is C/C=C/COC1CCNCC1.Cl. The van der Waals surface area contributed by atoms with E-state index < -0.39 is 0 Å². The molecule has 0 aromatic carbocycles. The Balaban J connectivity index is 0.00000121. The Bertz CT molecular complexity index is 122. The maximum absolute atomic E-state index is 5.60. The van der Waals surface area contributed by atoms with E-state index in [4.69, 9.17) is 4.74 Å². The number of ether oxygens (including phenoxy) is 1. The number of piperidine rings is 1. The molecule has 0 amide bonds. The average Bonchev–Trinajstić information content (AvgIpc) is 2.07. The molecular formula is C9H18ClNO. The molecule has 72 valence electrons. The van der Waals surface area contributed by atoms with Gasteiger partial charge in [-0.25, -0.2) is 0 Å². The van der Waals surface area contributed by atoms with Crippen molar-refractivity contribution in [2.75, 3.05) is 19.7 Å². The molecule has 1 saturated heterocycles. The van der Waals surface area contributed by atoms with Gasteiger partial charge >= 0.3 is 0 Å². The second kappa shape index (κ2) is 7.59. The molecule has 1 aliphatic rings. The number of halogens is 1. The van der Waals surface area contributed by atoms with Crippen LogP contribution in [0.25, 0.3) is 0 Å². The smallest absolute Gasteiger partial charge is 0.0651 e. The minimum absolute atomic E-state index is 0. The van der Waals surface area contributed by atoms with E-state index >= 15 is 0 Å². The normalized spacial score (nSPS) is 19.4. The molecule has 0 aromatic heterocycles. The number of allylic oxidation sites excluding steroid dienone is 1. The van der Waals surface area contributed by atoms with Crippen LogP contribution in [0.15, 0.2) is 12.2 Å². The Morgan fingerprint density at radius 2 is 2.08 bits per heavy atom. The van der Waals surface area contributed by atoms with Gasteiger partial charge in [0, 0.05) is 0 Å². The molecule has 0 bridgehead atoms. The fourth-order valence-electron chi connectivity index (χ4n) is 1.25. The van der Waals surface area contributed by atoms with E-state index in [2.05, 4.69) is 11.4 Å². The van der Waals surface area contributed by atoms with E-state index in [1.807, 2.05) is 13.0 Å². The van der Waals surface area contributed by atoms with Crippen molar-refractivity contribution in [3.8, 4) is 0 Å². The van der Waals surface area contributed by atoms with Gasteiger partial charge < -0.3 is 10.1 Å². The highest BCUT2D eigenvalue weighted by Crippen LogP contribution is 2.06. The van der Waals surface area contributed by atoms with E-state index in [9.17, 15) is 0 Å². The van der Waals surface area contributed by atoms with Crippen molar-refractivity contribution in [2.45, 2.75) is 25.9 Å². The molecule has 1 aliphatic heterocycles. The Hall–Kier alpha value is -0.0500. The minimum Gasteiger partial charge on any atom is -0.374 e. The van der Waals surface area contributed by atoms with E-state index in [0.29, 0.717) is 6.10 Å². The van der Waals surface area contributed by atoms with Gasteiger partial charge in [-0.15, -0.1) is 12.4 Å². The molecule has 1 N–H and O–H groups in total. The molecule has 3 heteroatoms. The lowest BCUT2D eigenvalue weighted by Crippen LogP contribution is -2.32. The largest absolute Gasteiger partial charge is 0.374 e. The van der Waals surface area contributed by atoms with Crippen LogP contribution in [0.2, 0.25) is 0 Å². The van der Waals surface area contributed by atoms with Gasteiger partial charge in [-0.05, 0) is 32.9 Å². The van der Waals surface area contributed by atoms with E-state index in [1.165, 1.54) is 0 Å². The first kappa shape index (κ1) is 11.9. The Kier molecular flexibility index (Phi) is 7.56. The molecule has 1 heterocycles. The van der Waals surface area contributed by atoms with Gasteiger partial charge in [0.1, 0.15) is 0 Å². The van der Waals surface area contributed by atoms with Gasteiger partial charge in [-0.3, -0.25) is 0 Å². The summed E-state index contributed by atoms with van der Waals surface area (Å²) >= 11 is 0. The maximum atomic E-state index is 5.60. The zero-order valence-corrected chi connectivity index (χ0v) is 8.40. The van der Waals surface area contributed by atoms with E-state index in [-0.39, 0.29) is 12.4 Å². The van der Waals surface area contributed by atoms with Crippen molar-refractivity contribution in [3.63, 3.8) is 0 Å². The van der Waals surface area contributed by atoms with E-state index in [1.54, 1.807) is 0 Å². The second-order valence-corrected chi connectivity index (χ2v) is 2.85. The number of hydrogen-bond acceptors (Lipinski definition) is 2. The van der Waals surface area contributed by atoms with Crippen LogP contribution in [0.5, 0.6) is 0 Å². The Labute approximate surface area is 80.8 Å². The fraction of sp³-hybridized carbons (Fsp3) is 0.778. The summed E-state index contributed by atoms with van der Waals surface area (Å²) < 4.78 is 5.60. The van der Waals surface area contributed by atoms with Crippen molar-refractivity contribution >= 4 is 12.4 Å². The third kappa shape index (κ3) is 4.75. The van der Waals surface area contributed by atoms with Crippen molar-refractivity contribution < 1.29 is 4.74 Å². The molecule has 0 aromatic rings. The lowest BCUT2D eigenvalue weighted by atomic mass is 10.1. The summed E-state index contributed by atoms with van der Waals surface area (Å²) in [5, 5.41) is 3.31. The molecule has 0 atom stereocenters. The average molecular weight is 192 g/mol. The van der Waals surface area contributed by atoms with Crippen LogP contribution < -0.4 is 5.32 Å². The molecule has 0 aliphatic carbocycles. The summed E-state index contributed by atoms with van der Waals surface area (Å²) in [5.74, 6) is 0. The van der Waals surface area contributed by atoms with Gasteiger partial charge in [-0.1, -0.05) is 12.2 Å². The van der Waals surface area contributed by atoms with Gasteiger partial charge in [0.15, 0.2) is 0 Å². The quantitative estimate of drug-likeness (QED) is 0.687. The van der Waals surface area contributed by atoms with E-state index in [0.717, 1.165) is 32.5 Å². The summed E-state index contributed by atoms with van der Waals surface area (Å²) in [6.07, 6.45) is 6.91. The topological polar surface area (TPSA) is 21.3 Å². The zero-order chi connectivity index (χ0) is 7.94. The summed E-state index contributed by atoms with van der Waals surface area (Å²) in [6, 6.07) is 0. The monoisotopic (exact) mass is 191 g/mol. The molecule has 2 nitrogen and oxygen atoms in total. The summed E-state index contributed by atoms with van der Waals surface area (Å²) in [6.45, 7) is 5.02. The lowest BCUT2D eigenvalue weighted by molar-refractivity contribution is 0.0515. The van der Waals surface area contributed by atoms with Crippen LogP contribution in [0.1, 0.15) is 19.8 Å². The molecule has 0 radical (unpaired) electrons. The van der Waals surface area contributed by atoms with Crippen LogP contribution in [0.3, 0.4) is 0 Å². The summed E-state index contributed by atoms with van der Waals surface area (Å²) in [5.41, 5.74) is 0. The Morgan fingerprint density at radius 1 is 1.42 bits per heavy atom. The molecular weight excluding hydrogens is 174 g/mol. The highest BCUT2D eigenvalue weighted by atomic mass is 35.5. The molecule has 0 unspecified atom stereocenters. The molecule has 0 spiro atoms. The summed E-state index contributed by atoms with van der Waals surface area (Å²) in [4.78, 5) is 0. The van der Waals surface area contributed by atoms with Crippen LogP contribution in [-0.2, 0) is 4.74 Å². The zero-order valence-electron chi connectivity index (χ0n) is 7.58. The van der Waals surface area contributed by atoms with Gasteiger partial charge in [0.25, 0.3) is 0 Å². The predicted molar refractivity (Wildman–Crippen MR) is 53.9 cm³/mol. The highest BCUT2D eigenvalue weighted by molar-refractivity contribution is 5.85. The molecule has 0 saturated carbocycles. The fourth-order valence-corrected chi connectivity index (χ4v) is 1.25. The van der Waals surface area contributed by atoms with Crippen molar-refractivity contribution in [1.82, 2.24) is 5.32 Å². The van der Waals surface area contributed by atoms with Crippen molar-refractivity contribution in [1.29, 1.82) is 0 Å². The number of rotatable bonds is 3. The highest BCUT2D eigenvalue weighted by Gasteiger charge is 2.11. The van der Waals surface area contributed by atoms with Crippen LogP contribution in [-0.4, -0.2) is 25.8 Å². The number of nitrogens with one attached hydrogen (secondary N) is 1. The molecule has 12 heavy (non-hydrogen) atoms. The third-order valence-electron chi connectivity index (χ3n) is 1.95. The van der Waals surface area contributed by atoms with Gasteiger partial charge in [0.2, 0.25) is 0 Å². The minimum atomic E-state index is 0. The van der Waals surface area contributed by atoms with Crippen molar-refractivity contribution in [2.24, 2.45) is 0 Å². The standard InChI is InChI=1S/C9H17NO.ClH/c1-2-3-8-11-9-4-6-10-7-5-9;/h2-3,9-10H,4-8H2,1H3;1H/b3-2+;. The first-order valence-electron chi connectivity index (χ1n) is 4.37. The van der Waals surface area contributed by atoms with Gasteiger partial charge in [-0.2, -0.15) is 0 Å². The first-order valence-corrected chi connectivity index (χ1v) is 4.37.